The molecule has 0 aliphatic carbocycles. The molecule has 7 heteroatoms. The molecule has 2 aromatic rings. The van der Waals surface area contributed by atoms with Crippen LogP contribution in [0.1, 0.15) is 52.1 Å². The van der Waals surface area contributed by atoms with E-state index in [9.17, 15) is 4.79 Å². The Bertz CT molecular complexity index is 799. The number of likely N-dealkylation sites (tertiary alicyclic amines) is 1. The summed E-state index contributed by atoms with van der Waals surface area (Å²) < 4.78 is 1.93. The van der Waals surface area contributed by atoms with Crippen molar-refractivity contribution in [2.45, 2.75) is 39.7 Å². The Kier molecular flexibility index (Phi) is 5.36. The quantitative estimate of drug-likeness (QED) is 0.906. The Balaban J connectivity index is 1.74. The zero-order chi connectivity index (χ0) is 18.8. The van der Waals surface area contributed by atoms with Crippen LogP contribution in [0.3, 0.4) is 0 Å². The van der Waals surface area contributed by atoms with E-state index < -0.39 is 0 Å². The Morgan fingerprint density at radius 1 is 1.19 bits per heavy atom. The molecule has 2 atom stereocenters. The normalized spacial score (nSPS) is 21.0. The van der Waals surface area contributed by atoms with E-state index in [1.54, 1.807) is 0 Å². The number of amides is 1. The number of hydrogen-bond donors (Lipinski definition) is 1. The molecule has 1 amide bonds. The standard InChI is InChI=1S/C19H28N6O/c1-12-13(2)23-17(14(3)22-12)19(26)20-11-15-7-6-10-24(4)18(15)16-8-9-21-25(16)5/h8-9,15,18H,6-7,10-11H2,1-5H3,(H,20,26)/t15-,18+/m0/s1. The lowest BCUT2D eigenvalue weighted by molar-refractivity contribution is 0.0874. The monoisotopic (exact) mass is 356 g/mol. The van der Waals surface area contributed by atoms with E-state index in [1.807, 2.05) is 38.7 Å². The molecule has 1 saturated heterocycles. The first kappa shape index (κ1) is 18.5. The van der Waals surface area contributed by atoms with Crippen molar-refractivity contribution in [1.82, 2.24) is 30.0 Å². The highest BCUT2D eigenvalue weighted by molar-refractivity contribution is 5.93. The maximum absolute atomic E-state index is 12.7. The molecule has 2 aromatic heterocycles. The van der Waals surface area contributed by atoms with E-state index in [0.717, 1.165) is 30.8 Å². The second-order valence-electron chi connectivity index (χ2n) is 7.25. The summed E-state index contributed by atoms with van der Waals surface area (Å²) >= 11 is 0. The van der Waals surface area contributed by atoms with E-state index in [4.69, 9.17) is 0 Å². The van der Waals surface area contributed by atoms with Crippen LogP contribution >= 0.6 is 0 Å². The Morgan fingerprint density at radius 2 is 1.92 bits per heavy atom. The Hall–Kier alpha value is -2.28. The highest BCUT2D eigenvalue weighted by Crippen LogP contribution is 2.34. The second kappa shape index (κ2) is 7.53. The van der Waals surface area contributed by atoms with Crippen LogP contribution in [0, 0.1) is 26.7 Å². The second-order valence-corrected chi connectivity index (χ2v) is 7.25. The van der Waals surface area contributed by atoms with Crippen molar-refractivity contribution in [3.8, 4) is 0 Å². The highest BCUT2D eigenvalue weighted by atomic mass is 16.1. The zero-order valence-electron chi connectivity index (χ0n) is 16.3. The summed E-state index contributed by atoms with van der Waals surface area (Å²) in [4.78, 5) is 23.9. The van der Waals surface area contributed by atoms with Gasteiger partial charge in [-0.2, -0.15) is 5.10 Å². The van der Waals surface area contributed by atoms with Crippen molar-refractivity contribution in [2.75, 3.05) is 20.1 Å². The van der Waals surface area contributed by atoms with Crippen LogP contribution in [-0.4, -0.2) is 50.7 Å². The third kappa shape index (κ3) is 3.62. The summed E-state index contributed by atoms with van der Waals surface area (Å²) in [5, 5.41) is 7.41. The summed E-state index contributed by atoms with van der Waals surface area (Å²) in [6.07, 6.45) is 4.05. The van der Waals surface area contributed by atoms with Crippen LogP contribution in [0.25, 0.3) is 0 Å². The van der Waals surface area contributed by atoms with Gasteiger partial charge >= 0.3 is 0 Å². The number of aryl methyl sites for hydroxylation is 4. The Morgan fingerprint density at radius 3 is 2.62 bits per heavy atom. The molecular weight excluding hydrogens is 328 g/mol. The van der Waals surface area contributed by atoms with Gasteiger partial charge in [-0.1, -0.05) is 0 Å². The molecule has 1 N–H and O–H groups in total. The van der Waals surface area contributed by atoms with Crippen LogP contribution < -0.4 is 5.32 Å². The van der Waals surface area contributed by atoms with Gasteiger partial charge in [0.2, 0.25) is 0 Å². The summed E-state index contributed by atoms with van der Waals surface area (Å²) in [5.74, 6) is 0.197. The van der Waals surface area contributed by atoms with Gasteiger partial charge in [0.05, 0.1) is 28.8 Å². The van der Waals surface area contributed by atoms with Crippen LogP contribution in [0.15, 0.2) is 12.3 Å². The fourth-order valence-corrected chi connectivity index (χ4v) is 3.85. The van der Waals surface area contributed by atoms with Gasteiger partial charge in [-0.25, -0.2) is 4.98 Å². The molecule has 0 bridgehead atoms. The molecule has 26 heavy (non-hydrogen) atoms. The van der Waals surface area contributed by atoms with Gasteiger partial charge in [0.1, 0.15) is 5.69 Å². The molecule has 7 nitrogen and oxygen atoms in total. The van der Waals surface area contributed by atoms with Gasteiger partial charge in [0.25, 0.3) is 5.91 Å². The molecule has 140 valence electrons. The minimum atomic E-state index is -0.143. The van der Waals surface area contributed by atoms with Crippen molar-refractivity contribution in [2.24, 2.45) is 13.0 Å². The molecule has 1 aliphatic rings. The van der Waals surface area contributed by atoms with Crippen molar-refractivity contribution < 1.29 is 4.79 Å². The number of rotatable bonds is 4. The minimum absolute atomic E-state index is 0.143. The number of aromatic nitrogens is 4. The van der Waals surface area contributed by atoms with E-state index in [-0.39, 0.29) is 11.9 Å². The first-order valence-electron chi connectivity index (χ1n) is 9.16. The van der Waals surface area contributed by atoms with Crippen LogP contribution in [0.4, 0.5) is 0 Å². The van der Waals surface area contributed by atoms with Crippen LogP contribution in [0.2, 0.25) is 0 Å². The predicted octanol–water partition coefficient (Wildman–Crippen LogP) is 1.95. The first-order chi connectivity index (χ1) is 12.4. The minimum Gasteiger partial charge on any atom is -0.350 e. The SMILES string of the molecule is Cc1nc(C)c(C(=O)NC[C@@H]2CCCN(C)[C@H]2c2ccnn2C)nc1C. The van der Waals surface area contributed by atoms with Gasteiger partial charge in [-0.15, -0.1) is 0 Å². The van der Waals surface area contributed by atoms with Gasteiger partial charge in [-0.3, -0.25) is 19.4 Å². The Labute approximate surface area is 154 Å². The topological polar surface area (TPSA) is 75.9 Å². The van der Waals surface area contributed by atoms with Gasteiger partial charge in [0.15, 0.2) is 0 Å². The molecular formula is C19H28N6O. The van der Waals surface area contributed by atoms with Crippen molar-refractivity contribution >= 4 is 5.91 Å². The molecule has 0 spiro atoms. The first-order valence-corrected chi connectivity index (χ1v) is 9.16. The molecule has 0 aromatic carbocycles. The maximum atomic E-state index is 12.7. The van der Waals surface area contributed by atoms with E-state index in [0.29, 0.717) is 23.9 Å². The maximum Gasteiger partial charge on any atom is 0.271 e. The van der Waals surface area contributed by atoms with Crippen molar-refractivity contribution in [3.63, 3.8) is 0 Å². The zero-order valence-corrected chi connectivity index (χ0v) is 16.3. The highest BCUT2D eigenvalue weighted by Gasteiger charge is 2.32. The summed E-state index contributed by atoms with van der Waals surface area (Å²) in [5.41, 5.74) is 3.95. The molecule has 1 aliphatic heterocycles. The molecule has 1 fully saturated rings. The lowest BCUT2D eigenvalue weighted by atomic mass is 9.87. The fourth-order valence-electron chi connectivity index (χ4n) is 3.85. The molecule has 0 saturated carbocycles. The van der Waals surface area contributed by atoms with Crippen LogP contribution in [0.5, 0.6) is 0 Å². The van der Waals surface area contributed by atoms with Gasteiger partial charge < -0.3 is 5.32 Å². The average Bonchev–Trinajstić information content (AvgIpc) is 3.01. The molecule has 3 rings (SSSR count). The van der Waals surface area contributed by atoms with E-state index >= 15 is 0 Å². The molecule has 0 unspecified atom stereocenters. The number of carbonyl (C=O) groups is 1. The number of nitrogens with zero attached hydrogens (tertiary/aromatic N) is 5. The average molecular weight is 356 g/mol. The summed E-state index contributed by atoms with van der Waals surface area (Å²) in [7, 11) is 4.12. The number of piperidine rings is 1. The number of nitrogens with one attached hydrogen (secondary N) is 1. The fraction of sp³-hybridized carbons (Fsp3) is 0.579. The van der Waals surface area contributed by atoms with Crippen molar-refractivity contribution in [1.29, 1.82) is 0 Å². The molecule has 3 heterocycles. The summed E-state index contributed by atoms with van der Waals surface area (Å²) in [6.45, 7) is 7.30. The predicted molar refractivity (Wildman–Crippen MR) is 99.9 cm³/mol. The lowest BCUT2D eigenvalue weighted by Gasteiger charge is -2.39. The molecule has 0 radical (unpaired) electrons. The number of carbonyl (C=O) groups excluding carboxylic acids is 1. The third-order valence-corrected chi connectivity index (χ3v) is 5.39. The van der Waals surface area contributed by atoms with Gasteiger partial charge in [0, 0.05) is 19.8 Å². The smallest absolute Gasteiger partial charge is 0.271 e. The van der Waals surface area contributed by atoms with Gasteiger partial charge in [-0.05, 0) is 59.2 Å². The number of hydrogen-bond acceptors (Lipinski definition) is 5. The summed E-state index contributed by atoms with van der Waals surface area (Å²) in [6, 6.07) is 2.32. The lowest BCUT2D eigenvalue weighted by Crippen LogP contribution is -2.42. The van der Waals surface area contributed by atoms with E-state index in [2.05, 4.69) is 38.4 Å². The van der Waals surface area contributed by atoms with E-state index in [1.165, 1.54) is 5.69 Å². The largest absolute Gasteiger partial charge is 0.350 e. The third-order valence-electron chi connectivity index (χ3n) is 5.39. The van der Waals surface area contributed by atoms with Crippen molar-refractivity contribution in [3.05, 3.63) is 40.7 Å². The van der Waals surface area contributed by atoms with Crippen LogP contribution in [-0.2, 0) is 7.05 Å².